The summed E-state index contributed by atoms with van der Waals surface area (Å²) in [5, 5.41) is 0. The van der Waals surface area contributed by atoms with Gasteiger partial charge in [0.05, 0.1) is 0 Å². The Morgan fingerprint density at radius 1 is 1.25 bits per heavy atom. The number of hydrogen-bond donors (Lipinski definition) is 1. The lowest BCUT2D eigenvalue weighted by Gasteiger charge is -2.25. The van der Waals surface area contributed by atoms with E-state index >= 15 is 0 Å². The van der Waals surface area contributed by atoms with E-state index in [0.717, 1.165) is 25.6 Å². The lowest BCUT2D eigenvalue weighted by molar-refractivity contribution is 0.0835. The Hall–Kier alpha value is -0.0800. The first-order chi connectivity index (χ1) is 5.83. The number of ether oxygens (including phenoxy) is 1. The quantitative estimate of drug-likeness (QED) is 0.656. The summed E-state index contributed by atoms with van der Waals surface area (Å²) < 4.78 is 5.52. The first-order valence-electron chi connectivity index (χ1n) is 5.16. The fourth-order valence-electron chi connectivity index (χ4n) is 1.75. The first-order valence-corrected chi connectivity index (χ1v) is 5.16. The minimum atomic E-state index is 0.465. The maximum absolute atomic E-state index is 5.81. The summed E-state index contributed by atoms with van der Waals surface area (Å²) in [5.41, 5.74) is 5.81. The fraction of sp³-hybridized carbons (Fsp3) is 1.00. The van der Waals surface area contributed by atoms with E-state index in [0.29, 0.717) is 6.04 Å². The Morgan fingerprint density at radius 2 is 1.92 bits per heavy atom. The second-order valence-electron chi connectivity index (χ2n) is 3.86. The van der Waals surface area contributed by atoms with Crippen molar-refractivity contribution >= 4 is 0 Å². The first kappa shape index (κ1) is 10.0. The van der Waals surface area contributed by atoms with Gasteiger partial charge in [0.2, 0.25) is 0 Å². The largest absolute Gasteiger partial charge is 0.381 e. The Kier molecular flexibility index (Phi) is 4.62. The number of rotatable bonds is 4. The highest BCUT2D eigenvalue weighted by Crippen LogP contribution is 2.23. The Labute approximate surface area is 75.5 Å². The van der Waals surface area contributed by atoms with Crippen LogP contribution in [-0.4, -0.2) is 19.3 Å². The van der Waals surface area contributed by atoms with Gasteiger partial charge >= 0.3 is 0 Å². The molecular formula is C10H21NO. The van der Waals surface area contributed by atoms with E-state index in [1.165, 1.54) is 25.7 Å². The zero-order chi connectivity index (χ0) is 8.81. The maximum atomic E-state index is 5.81. The highest BCUT2D eigenvalue weighted by Gasteiger charge is 2.17. The minimum Gasteiger partial charge on any atom is -0.381 e. The van der Waals surface area contributed by atoms with Crippen molar-refractivity contribution in [2.45, 2.75) is 45.1 Å². The van der Waals surface area contributed by atoms with Gasteiger partial charge in [-0.15, -0.1) is 0 Å². The van der Waals surface area contributed by atoms with Crippen LogP contribution in [0.1, 0.15) is 39.0 Å². The van der Waals surface area contributed by atoms with E-state index in [9.17, 15) is 0 Å². The van der Waals surface area contributed by atoms with Crippen molar-refractivity contribution in [2.75, 3.05) is 13.2 Å². The third-order valence-electron chi connectivity index (χ3n) is 2.59. The van der Waals surface area contributed by atoms with Gasteiger partial charge in [0, 0.05) is 19.3 Å². The number of hydrogen-bond acceptors (Lipinski definition) is 2. The SMILES string of the molecule is CCCOCC1CCC(N)CC1. The average molecular weight is 171 g/mol. The molecule has 1 saturated carbocycles. The van der Waals surface area contributed by atoms with Crippen molar-refractivity contribution in [3.8, 4) is 0 Å². The van der Waals surface area contributed by atoms with Gasteiger partial charge in [-0.05, 0) is 38.0 Å². The van der Waals surface area contributed by atoms with Gasteiger partial charge < -0.3 is 10.5 Å². The van der Waals surface area contributed by atoms with Gasteiger partial charge in [0.15, 0.2) is 0 Å². The standard InChI is InChI=1S/C10H21NO/c1-2-7-12-8-9-3-5-10(11)6-4-9/h9-10H,2-8,11H2,1H3. The molecule has 0 unspecified atom stereocenters. The topological polar surface area (TPSA) is 35.2 Å². The smallest absolute Gasteiger partial charge is 0.0494 e. The molecule has 0 bridgehead atoms. The average Bonchev–Trinajstić information content (AvgIpc) is 2.09. The molecule has 2 nitrogen and oxygen atoms in total. The normalized spacial score (nSPS) is 30.5. The van der Waals surface area contributed by atoms with E-state index in [1.54, 1.807) is 0 Å². The summed E-state index contributed by atoms with van der Waals surface area (Å²) in [7, 11) is 0. The van der Waals surface area contributed by atoms with E-state index in [4.69, 9.17) is 10.5 Å². The van der Waals surface area contributed by atoms with Gasteiger partial charge in [0.25, 0.3) is 0 Å². The van der Waals surface area contributed by atoms with Gasteiger partial charge in [-0.2, -0.15) is 0 Å². The van der Waals surface area contributed by atoms with Gasteiger partial charge in [0.1, 0.15) is 0 Å². The molecule has 1 aliphatic rings. The molecule has 0 radical (unpaired) electrons. The molecule has 0 amide bonds. The molecule has 0 atom stereocenters. The molecule has 0 spiro atoms. The predicted octanol–water partition coefficient (Wildman–Crippen LogP) is 1.93. The zero-order valence-corrected chi connectivity index (χ0v) is 8.09. The van der Waals surface area contributed by atoms with Crippen molar-refractivity contribution in [1.82, 2.24) is 0 Å². The van der Waals surface area contributed by atoms with Crippen LogP contribution >= 0.6 is 0 Å². The molecule has 72 valence electrons. The van der Waals surface area contributed by atoms with Crippen LogP contribution in [-0.2, 0) is 4.74 Å². The molecule has 2 heteroatoms. The number of nitrogens with two attached hydrogens (primary N) is 1. The summed E-state index contributed by atoms with van der Waals surface area (Å²) in [6.07, 6.45) is 6.06. The third kappa shape index (κ3) is 3.55. The second kappa shape index (κ2) is 5.55. The van der Waals surface area contributed by atoms with Crippen LogP contribution in [0.5, 0.6) is 0 Å². The fourth-order valence-corrected chi connectivity index (χ4v) is 1.75. The molecule has 0 heterocycles. The van der Waals surface area contributed by atoms with Crippen LogP contribution in [0.25, 0.3) is 0 Å². The summed E-state index contributed by atoms with van der Waals surface area (Å²) >= 11 is 0. The highest BCUT2D eigenvalue weighted by atomic mass is 16.5. The van der Waals surface area contributed by atoms with Crippen molar-refractivity contribution in [3.63, 3.8) is 0 Å². The minimum absolute atomic E-state index is 0.465. The lowest BCUT2D eigenvalue weighted by atomic mass is 9.87. The van der Waals surface area contributed by atoms with Crippen molar-refractivity contribution in [2.24, 2.45) is 11.7 Å². The Balaban J connectivity index is 2.01. The molecule has 0 aromatic carbocycles. The second-order valence-corrected chi connectivity index (χ2v) is 3.86. The molecule has 2 N–H and O–H groups in total. The predicted molar refractivity (Wildman–Crippen MR) is 51.0 cm³/mol. The van der Waals surface area contributed by atoms with Crippen LogP contribution in [0.2, 0.25) is 0 Å². The molecule has 1 fully saturated rings. The maximum Gasteiger partial charge on any atom is 0.0494 e. The molecule has 1 rings (SSSR count). The summed E-state index contributed by atoms with van der Waals surface area (Å²) in [6.45, 7) is 4.03. The highest BCUT2D eigenvalue weighted by molar-refractivity contribution is 4.73. The molecule has 0 aromatic rings. The van der Waals surface area contributed by atoms with Crippen molar-refractivity contribution < 1.29 is 4.74 Å². The van der Waals surface area contributed by atoms with E-state index in [1.807, 2.05) is 0 Å². The van der Waals surface area contributed by atoms with Crippen LogP contribution in [0.3, 0.4) is 0 Å². The molecule has 1 aliphatic carbocycles. The van der Waals surface area contributed by atoms with Crippen molar-refractivity contribution in [1.29, 1.82) is 0 Å². The molecule has 0 aromatic heterocycles. The van der Waals surface area contributed by atoms with Gasteiger partial charge in [-0.1, -0.05) is 6.92 Å². The van der Waals surface area contributed by atoms with Crippen LogP contribution in [0.4, 0.5) is 0 Å². The van der Waals surface area contributed by atoms with Crippen LogP contribution in [0.15, 0.2) is 0 Å². The molecule has 0 saturated heterocycles. The van der Waals surface area contributed by atoms with Crippen LogP contribution < -0.4 is 5.73 Å². The third-order valence-corrected chi connectivity index (χ3v) is 2.59. The van der Waals surface area contributed by atoms with E-state index in [2.05, 4.69) is 6.92 Å². The lowest BCUT2D eigenvalue weighted by Crippen LogP contribution is -2.28. The summed E-state index contributed by atoms with van der Waals surface area (Å²) in [6, 6.07) is 0.465. The van der Waals surface area contributed by atoms with E-state index in [-0.39, 0.29) is 0 Å². The monoisotopic (exact) mass is 171 g/mol. The van der Waals surface area contributed by atoms with Gasteiger partial charge in [-0.25, -0.2) is 0 Å². The van der Waals surface area contributed by atoms with E-state index < -0.39 is 0 Å². The Morgan fingerprint density at radius 3 is 2.50 bits per heavy atom. The zero-order valence-electron chi connectivity index (χ0n) is 8.09. The summed E-state index contributed by atoms with van der Waals surface area (Å²) in [4.78, 5) is 0. The van der Waals surface area contributed by atoms with Gasteiger partial charge in [-0.3, -0.25) is 0 Å². The van der Waals surface area contributed by atoms with Crippen molar-refractivity contribution in [3.05, 3.63) is 0 Å². The molecule has 12 heavy (non-hydrogen) atoms. The summed E-state index contributed by atoms with van der Waals surface area (Å²) in [5.74, 6) is 0.788. The molecular weight excluding hydrogens is 150 g/mol. The van der Waals surface area contributed by atoms with Crippen LogP contribution in [0, 0.1) is 5.92 Å². The Bertz CT molecular complexity index is 108. The molecule has 0 aliphatic heterocycles.